The minimum Gasteiger partial charge on any atom is -0.376 e. The summed E-state index contributed by atoms with van der Waals surface area (Å²) in [5.74, 6) is 0.348. The Hall–Kier alpha value is -2.66. The van der Waals surface area contributed by atoms with E-state index in [1.807, 2.05) is 35.2 Å². The molecule has 2 aromatic carbocycles. The van der Waals surface area contributed by atoms with Crippen LogP contribution in [0, 0.1) is 12.8 Å². The Balaban J connectivity index is 1.40. The third-order valence-electron chi connectivity index (χ3n) is 5.78. The molecule has 0 bridgehead atoms. The molecule has 4 rings (SSSR count). The van der Waals surface area contributed by atoms with Crippen molar-refractivity contribution in [2.45, 2.75) is 51.7 Å². The number of carbonyl (C=O) groups excluding carboxylic acids is 2. The van der Waals surface area contributed by atoms with E-state index in [-0.39, 0.29) is 23.8 Å². The minimum absolute atomic E-state index is 0.00363. The van der Waals surface area contributed by atoms with E-state index in [2.05, 4.69) is 30.4 Å². The quantitative estimate of drug-likeness (QED) is 0.726. The summed E-state index contributed by atoms with van der Waals surface area (Å²) in [6, 6.07) is 16.1. The molecule has 2 aromatic rings. The van der Waals surface area contributed by atoms with Crippen LogP contribution in [0.4, 0.5) is 5.69 Å². The van der Waals surface area contributed by atoms with Crippen LogP contribution < -0.4 is 10.2 Å². The van der Waals surface area contributed by atoms with Gasteiger partial charge in [-0.3, -0.25) is 9.59 Å². The van der Waals surface area contributed by atoms with Gasteiger partial charge in [-0.25, -0.2) is 0 Å². The zero-order valence-corrected chi connectivity index (χ0v) is 17.6. The van der Waals surface area contributed by atoms with Crippen molar-refractivity contribution in [1.82, 2.24) is 5.32 Å². The van der Waals surface area contributed by atoms with Crippen LogP contribution in [0.3, 0.4) is 0 Å². The molecule has 2 amide bonds. The fraction of sp³-hybridized carbons (Fsp3) is 0.440. The molecule has 30 heavy (non-hydrogen) atoms. The summed E-state index contributed by atoms with van der Waals surface area (Å²) in [7, 11) is 0. The van der Waals surface area contributed by atoms with Gasteiger partial charge >= 0.3 is 0 Å². The van der Waals surface area contributed by atoms with Gasteiger partial charge in [0.05, 0.1) is 19.1 Å². The van der Waals surface area contributed by atoms with Crippen LogP contribution >= 0.6 is 0 Å². The molecule has 0 aromatic heterocycles. The van der Waals surface area contributed by atoms with Crippen LogP contribution in [0.15, 0.2) is 48.5 Å². The first-order valence-electron chi connectivity index (χ1n) is 10.9. The predicted molar refractivity (Wildman–Crippen MR) is 117 cm³/mol. The molecule has 1 N–H and O–H groups in total. The van der Waals surface area contributed by atoms with Gasteiger partial charge in [-0.05, 0) is 55.9 Å². The molecular weight excluding hydrogens is 376 g/mol. The van der Waals surface area contributed by atoms with Crippen LogP contribution in [0.2, 0.25) is 0 Å². The maximum atomic E-state index is 12.9. The third kappa shape index (κ3) is 5.48. The molecule has 158 valence electrons. The average molecular weight is 407 g/mol. The van der Waals surface area contributed by atoms with Crippen molar-refractivity contribution < 1.29 is 14.3 Å². The van der Waals surface area contributed by atoms with Crippen LogP contribution in [-0.4, -0.2) is 31.1 Å². The van der Waals surface area contributed by atoms with Gasteiger partial charge in [-0.1, -0.05) is 42.0 Å². The van der Waals surface area contributed by atoms with E-state index in [0.29, 0.717) is 19.5 Å². The van der Waals surface area contributed by atoms with Gasteiger partial charge < -0.3 is 15.0 Å². The van der Waals surface area contributed by atoms with Gasteiger partial charge in [0.1, 0.15) is 0 Å². The van der Waals surface area contributed by atoms with Gasteiger partial charge in [-0.15, -0.1) is 0 Å². The number of ether oxygens (including phenoxy) is 1. The topological polar surface area (TPSA) is 58.6 Å². The summed E-state index contributed by atoms with van der Waals surface area (Å²) in [6.45, 7) is 4.01. The zero-order valence-electron chi connectivity index (χ0n) is 17.6. The van der Waals surface area contributed by atoms with Crippen molar-refractivity contribution >= 4 is 17.5 Å². The first-order valence-corrected chi connectivity index (χ1v) is 10.9. The molecule has 1 saturated heterocycles. The van der Waals surface area contributed by atoms with Crippen LogP contribution in [0.5, 0.6) is 0 Å². The molecule has 2 fully saturated rings. The monoisotopic (exact) mass is 406 g/mol. The summed E-state index contributed by atoms with van der Waals surface area (Å²) in [5.41, 5.74) is 4.15. The van der Waals surface area contributed by atoms with Gasteiger partial charge in [0.2, 0.25) is 11.8 Å². The smallest absolute Gasteiger partial charge is 0.230 e. The van der Waals surface area contributed by atoms with E-state index >= 15 is 0 Å². The number of amides is 2. The van der Waals surface area contributed by atoms with Crippen LogP contribution in [-0.2, 0) is 27.3 Å². The molecule has 0 radical (unpaired) electrons. The maximum absolute atomic E-state index is 12.9. The second-order valence-corrected chi connectivity index (χ2v) is 8.47. The highest BCUT2D eigenvalue weighted by atomic mass is 16.5. The van der Waals surface area contributed by atoms with E-state index in [1.165, 1.54) is 5.56 Å². The summed E-state index contributed by atoms with van der Waals surface area (Å²) in [5, 5.41) is 2.96. The van der Waals surface area contributed by atoms with E-state index in [0.717, 1.165) is 49.1 Å². The van der Waals surface area contributed by atoms with E-state index in [1.54, 1.807) is 0 Å². The lowest BCUT2D eigenvalue weighted by Crippen LogP contribution is -2.33. The minimum atomic E-state index is 0.00363. The summed E-state index contributed by atoms with van der Waals surface area (Å²) in [6.07, 6.45) is 4.53. The number of rotatable bonds is 8. The Kier molecular flexibility index (Phi) is 6.48. The summed E-state index contributed by atoms with van der Waals surface area (Å²) in [4.78, 5) is 27.0. The number of carbonyl (C=O) groups is 2. The molecule has 5 nitrogen and oxygen atoms in total. The molecule has 1 aliphatic carbocycles. The molecule has 0 unspecified atom stereocenters. The summed E-state index contributed by atoms with van der Waals surface area (Å²) < 4.78 is 5.55. The van der Waals surface area contributed by atoms with Crippen molar-refractivity contribution in [2.75, 3.05) is 18.1 Å². The SMILES string of the molecule is Cc1cccc(CN(C(=O)C2CC2)c2ccc(CC(=O)NC[C@@H]3CCCO3)cc2)c1. The standard InChI is InChI=1S/C25H30N2O3/c1-18-4-2-5-20(14-18)17-27(25(29)21-9-10-21)22-11-7-19(8-12-22)15-24(28)26-16-23-6-3-13-30-23/h2,4-5,7-8,11-12,14,21,23H,3,6,9-10,13,15-17H2,1H3,(H,26,28)/t23-/m0/s1. The fourth-order valence-electron chi connectivity index (χ4n) is 3.91. The predicted octanol–water partition coefficient (Wildman–Crippen LogP) is 3.78. The van der Waals surface area contributed by atoms with Crippen LogP contribution in [0.1, 0.15) is 42.4 Å². The van der Waals surface area contributed by atoms with Crippen molar-refractivity contribution in [3.05, 3.63) is 65.2 Å². The number of benzene rings is 2. The average Bonchev–Trinajstić information content (AvgIpc) is 3.46. The third-order valence-corrected chi connectivity index (χ3v) is 5.78. The van der Waals surface area contributed by atoms with Crippen molar-refractivity contribution in [2.24, 2.45) is 5.92 Å². The fourth-order valence-corrected chi connectivity index (χ4v) is 3.91. The normalized spacial score (nSPS) is 18.2. The largest absolute Gasteiger partial charge is 0.376 e. The number of hydrogen-bond donors (Lipinski definition) is 1. The molecular formula is C25H30N2O3. The highest BCUT2D eigenvalue weighted by Crippen LogP contribution is 2.33. The number of nitrogens with zero attached hydrogens (tertiary/aromatic N) is 1. The first kappa shape index (κ1) is 20.6. The molecule has 1 heterocycles. The van der Waals surface area contributed by atoms with Gasteiger partial charge in [0.25, 0.3) is 0 Å². The van der Waals surface area contributed by atoms with Gasteiger partial charge in [0, 0.05) is 24.8 Å². The highest BCUT2D eigenvalue weighted by Gasteiger charge is 2.34. The first-order chi connectivity index (χ1) is 14.6. The Bertz CT molecular complexity index is 884. The van der Waals surface area contributed by atoms with E-state index in [9.17, 15) is 9.59 Å². The number of nitrogens with one attached hydrogen (secondary N) is 1. The summed E-state index contributed by atoms with van der Waals surface area (Å²) >= 11 is 0. The van der Waals surface area contributed by atoms with Crippen molar-refractivity contribution in [1.29, 1.82) is 0 Å². The molecule has 2 aliphatic rings. The molecule has 1 saturated carbocycles. The molecule has 1 aliphatic heterocycles. The zero-order chi connectivity index (χ0) is 20.9. The second-order valence-electron chi connectivity index (χ2n) is 8.47. The Morgan fingerprint density at radius 1 is 1.07 bits per heavy atom. The molecule has 1 atom stereocenters. The lowest BCUT2D eigenvalue weighted by molar-refractivity contribution is -0.121. The van der Waals surface area contributed by atoms with E-state index in [4.69, 9.17) is 4.74 Å². The van der Waals surface area contributed by atoms with Crippen molar-refractivity contribution in [3.63, 3.8) is 0 Å². The van der Waals surface area contributed by atoms with E-state index < -0.39 is 0 Å². The lowest BCUT2D eigenvalue weighted by Gasteiger charge is -2.23. The molecule has 5 heteroatoms. The van der Waals surface area contributed by atoms with Crippen LogP contribution in [0.25, 0.3) is 0 Å². The van der Waals surface area contributed by atoms with Gasteiger partial charge in [0.15, 0.2) is 0 Å². The van der Waals surface area contributed by atoms with Crippen molar-refractivity contribution in [3.8, 4) is 0 Å². The molecule has 0 spiro atoms. The Morgan fingerprint density at radius 3 is 2.53 bits per heavy atom. The highest BCUT2D eigenvalue weighted by molar-refractivity contribution is 5.96. The lowest BCUT2D eigenvalue weighted by atomic mass is 10.1. The number of aryl methyl sites for hydroxylation is 1. The number of anilines is 1. The second kappa shape index (κ2) is 9.43. The Morgan fingerprint density at radius 2 is 1.87 bits per heavy atom. The maximum Gasteiger partial charge on any atom is 0.230 e. The Labute approximate surface area is 178 Å². The number of hydrogen-bond acceptors (Lipinski definition) is 3. The van der Waals surface area contributed by atoms with Gasteiger partial charge in [-0.2, -0.15) is 0 Å².